The molecule has 0 bridgehead atoms. The summed E-state index contributed by atoms with van der Waals surface area (Å²) in [4.78, 5) is 5.46. The molecule has 104 valence electrons. The van der Waals surface area contributed by atoms with Crippen molar-refractivity contribution < 1.29 is 4.42 Å². The molecule has 0 aliphatic rings. The SMILES string of the molecule is CC(C)(N)c1cn(Cc2coc(-c3cccs3)n2)nn1. The van der Waals surface area contributed by atoms with Gasteiger partial charge in [0.1, 0.15) is 17.7 Å². The molecule has 0 fully saturated rings. The Kier molecular flexibility index (Phi) is 3.15. The maximum atomic E-state index is 5.98. The Balaban J connectivity index is 1.77. The number of nitrogens with two attached hydrogens (primary N) is 1. The Hall–Kier alpha value is -1.99. The summed E-state index contributed by atoms with van der Waals surface area (Å²) in [7, 11) is 0. The van der Waals surface area contributed by atoms with E-state index in [-0.39, 0.29) is 0 Å². The normalized spacial score (nSPS) is 11.9. The predicted octanol–water partition coefficient (Wildman–Crippen LogP) is 2.24. The molecule has 20 heavy (non-hydrogen) atoms. The van der Waals surface area contributed by atoms with Crippen LogP contribution in [-0.4, -0.2) is 20.0 Å². The molecule has 2 N–H and O–H groups in total. The Morgan fingerprint density at radius 1 is 1.45 bits per heavy atom. The summed E-state index contributed by atoms with van der Waals surface area (Å²) in [5, 5.41) is 10.1. The number of oxazole rings is 1. The van der Waals surface area contributed by atoms with Crippen molar-refractivity contribution in [3.05, 3.63) is 41.4 Å². The van der Waals surface area contributed by atoms with Crippen LogP contribution in [0.1, 0.15) is 25.2 Å². The van der Waals surface area contributed by atoms with Crippen molar-refractivity contribution >= 4 is 11.3 Å². The van der Waals surface area contributed by atoms with Crippen LogP contribution in [0.4, 0.5) is 0 Å². The molecule has 0 radical (unpaired) electrons. The van der Waals surface area contributed by atoms with Gasteiger partial charge in [-0.2, -0.15) is 0 Å². The second-order valence-corrected chi connectivity index (χ2v) is 6.09. The Morgan fingerprint density at radius 2 is 2.30 bits per heavy atom. The fourth-order valence-corrected chi connectivity index (χ4v) is 2.39. The highest BCUT2D eigenvalue weighted by Gasteiger charge is 2.18. The smallest absolute Gasteiger partial charge is 0.236 e. The largest absolute Gasteiger partial charge is 0.443 e. The number of hydrogen-bond donors (Lipinski definition) is 1. The molecule has 0 atom stereocenters. The standard InChI is InChI=1S/C13H15N5OS/c1-13(2,14)11-7-18(17-16-11)6-9-8-19-12(15-9)10-4-3-5-20-10/h3-5,7-8H,6,14H2,1-2H3. The molecule has 7 heteroatoms. The molecule has 3 aromatic rings. The van der Waals surface area contributed by atoms with Gasteiger partial charge in [0.25, 0.3) is 0 Å². The van der Waals surface area contributed by atoms with E-state index in [2.05, 4.69) is 15.3 Å². The number of rotatable bonds is 4. The van der Waals surface area contributed by atoms with Gasteiger partial charge in [-0.05, 0) is 25.3 Å². The molecular formula is C13H15N5OS. The van der Waals surface area contributed by atoms with E-state index < -0.39 is 5.54 Å². The molecule has 3 heterocycles. The van der Waals surface area contributed by atoms with Gasteiger partial charge in [0.05, 0.1) is 23.2 Å². The zero-order chi connectivity index (χ0) is 14.2. The molecule has 0 amide bonds. The highest BCUT2D eigenvalue weighted by molar-refractivity contribution is 7.13. The molecule has 0 aliphatic carbocycles. The molecule has 0 unspecified atom stereocenters. The fraction of sp³-hybridized carbons (Fsp3) is 0.308. The molecule has 0 spiro atoms. The van der Waals surface area contributed by atoms with Crippen LogP contribution in [0.25, 0.3) is 10.8 Å². The lowest BCUT2D eigenvalue weighted by Crippen LogP contribution is -2.29. The maximum Gasteiger partial charge on any atom is 0.236 e. The van der Waals surface area contributed by atoms with Crippen molar-refractivity contribution in [1.82, 2.24) is 20.0 Å². The van der Waals surface area contributed by atoms with Crippen LogP contribution in [0.2, 0.25) is 0 Å². The lowest BCUT2D eigenvalue weighted by Gasteiger charge is -2.13. The number of nitrogens with zero attached hydrogens (tertiary/aromatic N) is 4. The predicted molar refractivity (Wildman–Crippen MR) is 76.2 cm³/mol. The Labute approximate surface area is 120 Å². The number of thiophene rings is 1. The third kappa shape index (κ3) is 2.63. The van der Waals surface area contributed by atoms with Crippen LogP contribution < -0.4 is 5.73 Å². The molecule has 0 aromatic carbocycles. The van der Waals surface area contributed by atoms with E-state index in [0.717, 1.165) is 16.3 Å². The first kappa shape index (κ1) is 13.0. The van der Waals surface area contributed by atoms with Crippen LogP contribution in [0.3, 0.4) is 0 Å². The van der Waals surface area contributed by atoms with Gasteiger partial charge in [0, 0.05) is 0 Å². The van der Waals surface area contributed by atoms with Gasteiger partial charge in [0.15, 0.2) is 0 Å². The summed E-state index contributed by atoms with van der Waals surface area (Å²) >= 11 is 1.60. The average Bonchev–Trinajstić information content (AvgIpc) is 3.08. The zero-order valence-corrected chi connectivity index (χ0v) is 12.1. The summed E-state index contributed by atoms with van der Waals surface area (Å²) < 4.78 is 7.18. The van der Waals surface area contributed by atoms with Gasteiger partial charge in [-0.3, -0.25) is 0 Å². The van der Waals surface area contributed by atoms with Gasteiger partial charge < -0.3 is 10.2 Å². The lowest BCUT2D eigenvalue weighted by molar-refractivity contribution is 0.533. The zero-order valence-electron chi connectivity index (χ0n) is 11.3. The van der Waals surface area contributed by atoms with Crippen molar-refractivity contribution in [3.8, 4) is 10.8 Å². The molecule has 3 rings (SSSR count). The molecule has 0 saturated heterocycles. The van der Waals surface area contributed by atoms with E-state index in [9.17, 15) is 0 Å². The molecule has 3 aromatic heterocycles. The van der Waals surface area contributed by atoms with E-state index >= 15 is 0 Å². The highest BCUT2D eigenvalue weighted by Crippen LogP contribution is 2.23. The first-order valence-electron chi connectivity index (χ1n) is 6.20. The number of aromatic nitrogens is 4. The van der Waals surface area contributed by atoms with E-state index in [4.69, 9.17) is 10.2 Å². The summed E-state index contributed by atoms with van der Waals surface area (Å²) in [6.07, 6.45) is 3.48. The topological polar surface area (TPSA) is 82.8 Å². The third-order valence-electron chi connectivity index (χ3n) is 2.81. The second-order valence-electron chi connectivity index (χ2n) is 5.14. The van der Waals surface area contributed by atoms with E-state index in [0.29, 0.717) is 12.4 Å². The first-order valence-corrected chi connectivity index (χ1v) is 7.08. The minimum absolute atomic E-state index is 0.496. The van der Waals surface area contributed by atoms with Crippen LogP contribution >= 0.6 is 11.3 Å². The monoisotopic (exact) mass is 289 g/mol. The summed E-state index contributed by atoms with van der Waals surface area (Å²) in [6, 6.07) is 3.95. The summed E-state index contributed by atoms with van der Waals surface area (Å²) in [6.45, 7) is 4.30. The third-order valence-corrected chi connectivity index (χ3v) is 3.66. The summed E-state index contributed by atoms with van der Waals surface area (Å²) in [5.41, 5.74) is 7.04. The van der Waals surface area contributed by atoms with Crippen LogP contribution in [0.15, 0.2) is 34.4 Å². The lowest BCUT2D eigenvalue weighted by atomic mass is 10.0. The van der Waals surface area contributed by atoms with E-state index in [1.165, 1.54) is 0 Å². The van der Waals surface area contributed by atoms with Gasteiger partial charge in [0.2, 0.25) is 5.89 Å². The Morgan fingerprint density at radius 3 is 2.95 bits per heavy atom. The molecule has 0 saturated carbocycles. The van der Waals surface area contributed by atoms with E-state index in [1.807, 2.05) is 37.6 Å². The van der Waals surface area contributed by atoms with Gasteiger partial charge in [-0.1, -0.05) is 11.3 Å². The summed E-state index contributed by atoms with van der Waals surface area (Å²) in [5.74, 6) is 0.634. The molecule has 6 nitrogen and oxygen atoms in total. The fourth-order valence-electron chi connectivity index (χ4n) is 1.73. The van der Waals surface area contributed by atoms with Gasteiger partial charge in [-0.25, -0.2) is 9.67 Å². The van der Waals surface area contributed by atoms with Crippen molar-refractivity contribution in [2.24, 2.45) is 5.73 Å². The minimum Gasteiger partial charge on any atom is -0.443 e. The van der Waals surface area contributed by atoms with Gasteiger partial charge >= 0.3 is 0 Å². The minimum atomic E-state index is -0.496. The van der Waals surface area contributed by atoms with Crippen molar-refractivity contribution in [2.75, 3.05) is 0 Å². The Bertz CT molecular complexity index is 692. The number of hydrogen-bond acceptors (Lipinski definition) is 6. The van der Waals surface area contributed by atoms with Crippen LogP contribution in [0, 0.1) is 0 Å². The first-order chi connectivity index (χ1) is 9.52. The van der Waals surface area contributed by atoms with Crippen LogP contribution in [0.5, 0.6) is 0 Å². The van der Waals surface area contributed by atoms with Crippen molar-refractivity contribution in [3.63, 3.8) is 0 Å². The quantitative estimate of drug-likeness (QED) is 0.796. The van der Waals surface area contributed by atoms with Gasteiger partial charge in [-0.15, -0.1) is 16.4 Å². The molecular weight excluding hydrogens is 274 g/mol. The maximum absolute atomic E-state index is 5.98. The average molecular weight is 289 g/mol. The van der Waals surface area contributed by atoms with Crippen molar-refractivity contribution in [1.29, 1.82) is 0 Å². The molecule has 0 aliphatic heterocycles. The van der Waals surface area contributed by atoms with Crippen LogP contribution in [-0.2, 0) is 12.1 Å². The van der Waals surface area contributed by atoms with E-state index in [1.54, 1.807) is 22.3 Å². The second kappa shape index (κ2) is 4.84. The highest BCUT2D eigenvalue weighted by atomic mass is 32.1. The van der Waals surface area contributed by atoms with Crippen molar-refractivity contribution in [2.45, 2.75) is 25.9 Å².